The van der Waals surface area contributed by atoms with Crippen molar-refractivity contribution in [3.63, 3.8) is 0 Å². The molecular weight excluding hydrogens is 1190 g/mol. The molecule has 1 aromatic heterocycles. The van der Waals surface area contributed by atoms with Crippen molar-refractivity contribution in [3.05, 3.63) is 102 Å². The molecule has 91 heavy (non-hydrogen) atoms. The summed E-state index contributed by atoms with van der Waals surface area (Å²) >= 11 is 0. The molecule has 0 unspecified atom stereocenters. The molecule has 492 valence electrons. The van der Waals surface area contributed by atoms with Crippen LogP contribution in [0.3, 0.4) is 0 Å². The van der Waals surface area contributed by atoms with Gasteiger partial charge in [0.15, 0.2) is 0 Å². The van der Waals surface area contributed by atoms with Crippen molar-refractivity contribution < 1.29 is 87.9 Å². The summed E-state index contributed by atoms with van der Waals surface area (Å²) in [6.45, 7) is 1.72. The van der Waals surface area contributed by atoms with Gasteiger partial charge in [-0.05, 0) is 73.4 Å². The second-order valence-corrected chi connectivity index (χ2v) is 22.0. The summed E-state index contributed by atoms with van der Waals surface area (Å²) in [5.74, 6) is -14.4. The third-order valence-electron chi connectivity index (χ3n) is 15.1. The van der Waals surface area contributed by atoms with Crippen LogP contribution >= 0.6 is 0 Å². The van der Waals surface area contributed by atoms with Crippen molar-refractivity contribution in [2.24, 2.45) is 17.4 Å². The van der Waals surface area contributed by atoms with Crippen molar-refractivity contribution in [3.8, 4) is 5.75 Å². The van der Waals surface area contributed by atoms with Crippen LogP contribution in [0.2, 0.25) is 0 Å². The van der Waals surface area contributed by atoms with Gasteiger partial charge in [0, 0.05) is 42.9 Å². The molecule has 0 spiro atoms. The van der Waals surface area contributed by atoms with Gasteiger partial charge in [0.2, 0.25) is 65.0 Å². The highest BCUT2D eigenvalue weighted by molar-refractivity contribution is 5.99. The van der Waals surface area contributed by atoms with E-state index in [1.54, 1.807) is 43.5 Å². The predicted molar refractivity (Wildman–Crippen MR) is 323 cm³/mol. The number of phenolic OH excluding ortho intramolecular Hbond substituents is 1. The minimum Gasteiger partial charge on any atom is -0.508 e. The number of nitrogens with one attached hydrogen (secondary N) is 10. The number of carboxylic acid groups (broad SMARTS) is 2. The largest absolute Gasteiger partial charge is 0.508 e. The second-order valence-electron chi connectivity index (χ2n) is 22.0. The second kappa shape index (κ2) is 34.7. The first-order valence-electron chi connectivity index (χ1n) is 29.3. The molecule has 1 fully saturated rings. The fourth-order valence-electron chi connectivity index (χ4n) is 9.87. The smallest absolute Gasteiger partial charge is 0.326 e. The van der Waals surface area contributed by atoms with E-state index >= 15 is 0 Å². The summed E-state index contributed by atoms with van der Waals surface area (Å²) in [5, 5.41) is 71.3. The number of fused-ring (bicyclic) bond motifs is 1. The number of aliphatic hydroxyl groups excluding tert-OH is 2. The highest BCUT2D eigenvalue weighted by Gasteiger charge is 2.40. The number of aliphatic hydroxyl groups is 2. The van der Waals surface area contributed by atoms with Gasteiger partial charge in [0.1, 0.15) is 54.1 Å². The molecular formula is C60H79N13O18. The van der Waals surface area contributed by atoms with Crippen LogP contribution in [-0.2, 0) is 81.6 Å². The molecule has 31 nitrogen and oxygen atoms in total. The van der Waals surface area contributed by atoms with E-state index in [0.29, 0.717) is 24.0 Å². The number of primary amides is 1. The van der Waals surface area contributed by atoms with E-state index in [4.69, 9.17) is 11.5 Å². The molecule has 2 heterocycles. The number of para-hydroxylation sites is 1. The van der Waals surface area contributed by atoms with E-state index in [1.165, 1.54) is 29.2 Å². The lowest BCUT2D eigenvalue weighted by atomic mass is 9.96. The van der Waals surface area contributed by atoms with Crippen LogP contribution in [0.1, 0.15) is 76.0 Å². The van der Waals surface area contributed by atoms with Gasteiger partial charge >= 0.3 is 11.9 Å². The Morgan fingerprint density at radius 2 is 1.21 bits per heavy atom. The molecule has 31 heteroatoms. The minimum atomic E-state index is -1.93. The molecule has 1 saturated heterocycles. The normalized spacial score (nSPS) is 16.1. The maximum atomic E-state index is 14.5. The number of phenols is 1. The van der Waals surface area contributed by atoms with Gasteiger partial charge < -0.3 is 94.7 Å². The number of amides is 11. The lowest BCUT2D eigenvalue weighted by Crippen LogP contribution is -2.61. The average Bonchev–Trinajstić information content (AvgIpc) is 1.88. The molecule has 0 bridgehead atoms. The fourth-order valence-corrected chi connectivity index (χ4v) is 9.87. The fraction of sp³-hybridized carbons (Fsp3) is 0.450. The molecule has 4 aromatic rings. The number of carbonyl (C=O) groups excluding carboxylic acids is 11. The Hall–Kier alpha value is -10.0. The van der Waals surface area contributed by atoms with E-state index < -0.39 is 182 Å². The minimum absolute atomic E-state index is 0.0172. The molecule has 0 aliphatic carbocycles. The number of aliphatic carboxylic acids is 2. The van der Waals surface area contributed by atoms with Gasteiger partial charge in [-0.3, -0.25) is 57.5 Å². The Morgan fingerprint density at radius 3 is 1.84 bits per heavy atom. The van der Waals surface area contributed by atoms with E-state index in [0.717, 1.165) is 23.4 Å². The predicted octanol–water partition coefficient (Wildman–Crippen LogP) is -3.91. The standard InChI is InChI=1S/C60H79N13O18/c1-4-31(2)50(71-52(82)38(61)25-35-27-63-39-14-9-8-13-37(35)39)57(87)69-42(23-33-11-6-5-7-12-33)59(89)73-22-10-15-45(73)56(86)65-29-47(78)66-41(26-49(80)81)53(83)64-28-48(79)67-44(30-74)55(85)72-51(32(3)75)58(88)68-40(20-21-46(62)77)54(84)70-43(60(90)91)24-34-16-18-36(76)19-17-34/h5-9,11-14,16-19,27,31-32,38,40-45,50-51,63,74-76H,4,10,15,20-26,28-30,61H2,1-3H3,(H2,62,77)(H,64,83)(H,65,86)(H,66,78)(H,67,79)(H,68,88)(H,69,87)(H,70,84)(H,71,82)(H,72,85)(H,80,81)(H,90,91)/t31-,32+,38-,40-,41-,42-,43-,44-,45-,50-,51-/m0/s1. The maximum Gasteiger partial charge on any atom is 0.326 e. The third kappa shape index (κ3) is 21.9. The summed E-state index contributed by atoms with van der Waals surface area (Å²) in [5.41, 5.74) is 14.4. The molecule has 11 atom stereocenters. The van der Waals surface area contributed by atoms with Crippen LogP contribution in [-0.4, -0.2) is 199 Å². The van der Waals surface area contributed by atoms with E-state index in [2.05, 4.69) is 52.8 Å². The maximum absolute atomic E-state index is 14.5. The monoisotopic (exact) mass is 1270 g/mol. The van der Waals surface area contributed by atoms with Gasteiger partial charge in [-0.1, -0.05) is 80.9 Å². The molecule has 3 aromatic carbocycles. The lowest BCUT2D eigenvalue weighted by molar-refractivity contribution is -0.142. The van der Waals surface area contributed by atoms with Gasteiger partial charge in [0.05, 0.1) is 38.3 Å². The Labute approximate surface area is 521 Å². The van der Waals surface area contributed by atoms with E-state index in [-0.39, 0.29) is 38.0 Å². The Kier molecular flexibility index (Phi) is 27.3. The summed E-state index contributed by atoms with van der Waals surface area (Å²) in [4.78, 5) is 176. The number of aromatic amines is 1. The summed E-state index contributed by atoms with van der Waals surface area (Å²) in [6, 6.07) is 8.10. The number of nitrogens with two attached hydrogens (primary N) is 2. The molecule has 1 aliphatic heterocycles. The Bertz CT molecular complexity index is 3250. The van der Waals surface area contributed by atoms with Crippen LogP contribution in [0.5, 0.6) is 5.75 Å². The van der Waals surface area contributed by atoms with Crippen LogP contribution in [0.15, 0.2) is 85.1 Å². The summed E-state index contributed by atoms with van der Waals surface area (Å²) < 4.78 is 0. The van der Waals surface area contributed by atoms with Crippen LogP contribution in [0, 0.1) is 5.92 Å². The first-order valence-corrected chi connectivity index (χ1v) is 29.3. The first kappa shape index (κ1) is 71.7. The first-order chi connectivity index (χ1) is 43.2. The van der Waals surface area contributed by atoms with Gasteiger partial charge in [-0.15, -0.1) is 0 Å². The lowest BCUT2D eigenvalue weighted by Gasteiger charge is -2.31. The van der Waals surface area contributed by atoms with Crippen LogP contribution < -0.4 is 59.3 Å². The number of carboxylic acids is 2. The van der Waals surface area contributed by atoms with E-state index in [1.807, 2.05) is 31.2 Å². The summed E-state index contributed by atoms with van der Waals surface area (Å²) in [7, 11) is 0. The topological polar surface area (TPSA) is 502 Å². The van der Waals surface area contributed by atoms with Crippen LogP contribution in [0.25, 0.3) is 10.9 Å². The Balaban J connectivity index is 1.16. The van der Waals surface area contributed by atoms with Gasteiger partial charge in [-0.25, -0.2) is 4.79 Å². The molecule has 5 rings (SSSR count). The zero-order valence-electron chi connectivity index (χ0n) is 50.3. The number of rotatable bonds is 35. The molecule has 0 radical (unpaired) electrons. The quantitative estimate of drug-likeness (QED) is 0.0209. The number of carbonyl (C=O) groups is 13. The third-order valence-corrected chi connectivity index (χ3v) is 15.1. The number of aromatic hydroxyl groups is 1. The van der Waals surface area contributed by atoms with Crippen molar-refractivity contribution in [2.45, 2.75) is 139 Å². The van der Waals surface area contributed by atoms with Crippen molar-refractivity contribution in [2.75, 3.05) is 26.2 Å². The number of H-pyrrole nitrogens is 1. The Morgan fingerprint density at radius 1 is 0.637 bits per heavy atom. The average molecular weight is 1270 g/mol. The number of hydrogen-bond acceptors (Lipinski definition) is 17. The number of hydrogen-bond donors (Lipinski definition) is 17. The van der Waals surface area contributed by atoms with Crippen molar-refractivity contribution >= 4 is 87.8 Å². The SMILES string of the molecule is CC[C@H](C)[C@H](NC(=O)[C@@H](N)Cc1c[nH]c2ccccc12)C(=O)N[C@@H](Cc1ccccc1)C(=O)N1CCC[C@H]1C(=O)NCC(=O)N[C@@H](CC(=O)O)C(=O)NCC(=O)N[C@@H](CO)C(=O)N[C@H](C(=O)N[C@@H](CCC(N)=O)C(=O)N[C@@H](Cc1ccc(O)cc1)C(=O)O)[C@@H](C)O. The molecule has 19 N–H and O–H groups in total. The van der Waals surface area contributed by atoms with Crippen molar-refractivity contribution in [1.29, 1.82) is 0 Å². The number of benzene rings is 3. The van der Waals surface area contributed by atoms with Gasteiger partial charge in [0.25, 0.3) is 0 Å². The number of nitrogens with zero attached hydrogens (tertiary/aromatic N) is 1. The van der Waals surface area contributed by atoms with Crippen LogP contribution in [0.4, 0.5) is 0 Å². The highest BCUT2D eigenvalue weighted by atomic mass is 16.4. The molecule has 0 saturated carbocycles. The number of likely N-dealkylation sites (tertiary alicyclic amines) is 1. The van der Waals surface area contributed by atoms with Crippen molar-refractivity contribution in [1.82, 2.24) is 57.7 Å². The van der Waals surface area contributed by atoms with E-state index in [9.17, 15) is 87.9 Å². The highest BCUT2D eigenvalue weighted by Crippen LogP contribution is 2.22. The zero-order chi connectivity index (χ0) is 67.1. The molecule has 11 amide bonds. The molecule has 1 aliphatic rings. The summed E-state index contributed by atoms with van der Waals surface area (Å²) in [6.07, 6.45) is -1.20. The zero-order valence-corrected chi connectivity index (χ0v) is 50.3. The number of aromatic nitrogens is 1. The van der Waals surface area contributed by atoms with Gasteiger partial charge in [-0.2, -0.15) is 0 Å².